The molecule has 1 unspecified atom stereocenters. The molecule has 1 aromatic heterocycles. The lowest BCUT2D eigenvalue weighted by atomic mass is 10.1. The summed E-state index contributed by atoms with van der Waals surface area (Å²) in [5.41, 5.74) is 4.50. The summed E-state index contributed by atoms with van der Waals surface area (Å²) in [5, 5.41) is 0. The summed E-state index contributed by atoms with van der Waals surface area (Å²) in [4.78, 5) is 8.91. The summed E-state index contributed by atoms with van der Waals surface area (Å²) in [7, 11) is 0. The van der Waals surface area contributed by atoms with Gasteiger partial charge in [-0.2, -0.15) is 0 Å². The van der Waals surface area contributed by atoms with Gasteiger partial charge < -0.3 is 10.2 Å². The van der Waals surface area contributed by atoms with E-state index in [0.717, 1.165) is 11.3 Å². The molecule has 3 N–H and O–H groups in total. The minimum absolute atomic E-state index is 0.0913. The molecule has 1 heterocycles. The van der Waals surface area contributed by atoms with E-state index < -0.39 is 0 Å². The smallest absolute Gasteiger partial charge is 0.160 e. The molecule has 0 aromatic carbocycles. The van der Waals surface area contributed by atoms with E-state index in [2.05, 4.69) is 29.2 Å². The predicted octanol–water partition coefficient (Wildman–Crippen LogP) is 2.11. The van der Waals surface area contributed by atoms with Crippen LogP contribution in [0.15, 0.2) is 0 Å². The Kier molecular flexibility index (Phi) is 4.84. The van der Waals surface area contributed by atoms with Crippen LogP contribution >= 0.6 is 0 Å². The Labute approximate surface area is 103 Å². The molecule has 5 nitrogen and oxygen atoms in total. The third-order valence-corrected chi connectivity index (χ3v) is 2.75. The molecule has 0 spiro atoms. The average Bonchev–Trinajstić information content (AvgIpc) is 2.29. The highest BCUT2D eigenvalue weighted by Gasteiger charge is 2.20. The van der Waals surface area contributed by atoms with Crippen molar-refractivity contribution in [3.05, 3.63) is 17.1 Å². The van der Waals surface area contributed by atoms with Crippen molar-refractivity contribution in [3.63, 3.8) is 0 Å². The van der Waals surface area contributed by atoms with Crippen molar-refractivity contribution < 1.29 is 4.74 Å². The zero-order valence-corrected chi connectivity index (χ0v) is 11.2. The van der Waals surface area contributed by atoms with Crippen molar-refractivity contribution in [2.75, 3.05) is 12.0 Å². The Morgan fingerprint density at radius 3 is 2.41 bits per heavy atom. The van der Waals surface area contributed by atoms with E-state index in [-0.39, 0.29) is 6.10 Å². The molecule has 5 heteroatoms. The normalized spacial score (nSPS) is 12.9. The number of nitrogens with one attached hydrogen (secondary N) is 1. The quantitative estimate of drug-likeness (QED) is 0.607. The second kappa shape index (κ2) is 5.93. The molecule has 0 aliphatic heterocycles. The number of nitrogens with zero attached hydrogens (tertiary/aromatic N) is 2. The van der Waals surface area contributed by atoms with Crippen LogP contribution in [0.4, 0.5) is 5.82 Å². The summed E-state index contributed by atoms with van der Waals surface area (Å²) in [6.07, 6.45) is -0.0913. The molecule has 0 fully saturated rings. The van der Waals surface area contributed by atoms with Crippen LogP contribution in [0, 0.1) is 19.8 Å². The van der Waals surface area contributed by atoms with Crippen LogP contribution in [0.5, 0.6) is 0 Å². The van der Waals surface area contributed by atoms with E-state index in [9.17, 15) is 0 Å². The number of hydrogen-bond acceptors (Lipinski definition) is 5. The first-order chi connectivity index (χ1) is 8.01. The maximum absolute atomic E-state index is 5.69. The van der Waals surface area contributed by atoms with Gasteiger partial charge in [0.1, 0.15) is 11.9 Å². The molecule has 1 rings (SSSR count). The monoisotopic (exact) mass is 238 g/mol. The van der Waals surface area contributed by atoms with Crippen molar-refractivity contribution >= 4 is 5.82 Å². The van der Waals surface area contributed by atoms with E-state index in [4.69, 9.17) is 10.6 Å². The Bertz CT molecular complexity index is 379. The third kappa shape index (κ3) is 3.14. The second-order valence-electron chi connectivity index (χ2n) is 4.41. The first-order valence-electron chi connectivity index (χ1n) is 5.94. The van der Waals surface area contributed by atoms with Crippen molar-refractivity contribution in [2.45, 2.75) is 40.7 Å². The second-order valence-corrected chi connectivity index (χ2v) is 4.41. The number of hydrazine groups is 1. The van der Waals surface area contributed by atoms with Gasteiger partial charge in [0, 0.05) is 17.9 Å². The molecule has 1 aromatic rings. The van der Waals surface area contributed by atoms with Gasteiger partial charge in [-0.15, -0.1) is 0 Å². The van der Waals surface area contributed by atoms with Crippen LogP contribution in [-0.2, 0) is 4.74 Å². The van der Waals surface area contributed by atoms with Crippen LogP contribution < -0.4 is 11.3 Å². The number of nitrogen functional groups attached to an aromatic ring is 1. The van der Waals surface area contributed by atoms with Gasteiger partial charge in [-0.25, -0.2) is 15.8 Å². The van der Waals surface area contributed by atoms with Gasteiger partial charge in [0.05, 0.1) is 0 Å². The molecule has 0 aliphatic rings. The fraction of sp³-hybridized carbons (Fsp3) is 0.667. The van der Waals surface area contributed by atoms with E-state index in [1.807, 2.05) is 20.8 Å². The SMILES string of the molecule is CCOC(c1nc(C)c(C)c(NN)n1)C(C)C. The number of ether oxygens (including phenoxy) is 1. The lowest BCUT2D eigenvalue weighted by Gasteiger charge is -2.21. The Balaban J connectivity index is 3.15. The van der Waals surface area contributed by atoms with Crippen molar-refractivity contribution in [3.8, 4) is 0 Å². The van der Waals surface area contributed by atoms with E-state index in [1.54, 1.807) is 0 Å². The summed E-state index contributed by atoms with van der Waals surface area (Å²) in [5.74, 6) is 7.14. The van der Waals surface area contributed by atoms with Crippen molar-refractivity contribution in [1.82, 2.24) is 9.97 Å². The third-order valence-electron chi connectivity index (χ3n) is 2.75. The Morgan fingerprint density at radius 1 is 1.29 bits per heavy atom. The number of hydrogen-bond donors (Lipinski definition) is 2. The molecule has 0 bridgehead atoms. The minimum Gasteiger partial charge on any atom is -0.370 e. The topological polar surface area (TPSA) is 73.1 Å². The molecule has 0 amide bonds. The minimum atomic E-state index is -0.0913. The standard InChI is InChI=1S/C12H22N4O/c1-6-17-10(7(2)3)12-14-9(5)8(4)11(15-12)16-13/h7,10H,6,13H2,1-5H3,(H,14,15,16). The van der Waals surface area contributed by atoms with E-state index in [0.29, 0.717) is 24.2 Å². The number of anilines is 1. The zero-order valence-electron chi connectivity index (χ0n) is 11.2. The van der Waals surface area contributed by atoms with Crippen LogP contribution in [0.3, 0.4) is 0 Å². The highest BCUT2D eigenvalue weighted by Crippen LogP contribution is 2.25. The molecular weight excluding hydrogens is 216 g/mol. The summed E-state index contributed by atoms with van der Waals surface area (Å²) < 4.78 is 5.69. The van der Waals surface area contributed by atoms with Gasteiger partial charge in [0.2, 0.25) is 0 Å². The summed E-state index contributed by atoms with van der Waals surface area (Å²) >= 11 is 0. The van der Waals surface area contributed by atoms with Gasteiger partial charge in [-0.3, -0.25) is 0 Å². The van der Waals surface area contributed by atoms with Gasteiger partial charge in [-0.1, -0.05) is 13.8 Å². The molecular formula is C12H22N4O. The summed E-state index contributed by atoms with van der Waals surface area (Å²) in [6, 6.07) is 0. The van der Waals surface area contributed by atoms with Gasteiger partial charge in [-0.05, 0) is 26.7 Å². The maximum Gasteiger partial charge on any atom is 0.160 e. The number of rotatable bonds is 5. The fourth-order valence-electron chi connectivity index (χ4n) is 1.66. The number of nitrogens with two attached hydrogens (primary N) is 1. The van der Waals surface area contributed by atoms with Crippen molar-refractivity contribution in [2.24, 2.45) is 11.8 Å². The van der Waals surface area contributed by atoms with Gasteiger partial charge in [0.25, 0.3) is 0 Å². The van der Waals surface area contributed by atoms with Crippen LogP contribution in [0.1, 0.15) is 44.0 Å². The molecule has 0 radical (unpaired) electrons. The Morgan fingerprint density at radius 2 is 1.94 bits per heavy atom. The lowest BCUT2D eigenvalue weighted by molar-refractivity contribution is 0.0232. The van der Waals surface area contributed by atoms with Crippen molar-refractivity contribution in [1.29, 1.82) is 0 Å². The highest BCUT2D eigenvalue weighted by molar-refractivity contribution is 5.44. The van der Waals surface area contributed by atoms with E-state index in [1.165, 1.54) is 0 Å². The van der Waals surface area contributed by atoms with Gasteiger partial charge in [0.15, 0.2) is 5.82 Å². The van der Waals surface area contributed by atoms with Crippen LogP contribution in [0.25, 0.3) is 0 Å². The molecule has 1 atom stereocenters. The zero-order chi connectivity index (χ0) is 13.0. The van der Waals surface area contributed by atoms with Crippen LogP contribution in [-0.4, -0.2) is 16.6 Å². The largest absolute Gasteiger partial charge is 0.370 e. The average molecular weight is 238 g/mol. The van der Waals surface area contributed by atoms with E-state index >= 15 is 0 Å². The molecule has 0 saturated heterocycles. The van der Waals surface area contributed by atoms with Crippen LogP contribution in [0.2, 0.25) is 0 Å². The molecule has 17 heavy (non-hydrogen) atoms. The first kappa shape index (κ1) is 13.9. The fourth-order valence-corrected chi connectivity index (χ4v) is 1.66. The highest BCUT2D eigenvalue weighted by atomic mass is 16.5. The lowest BCUT2D eigenvalue weighted by Crippen LogP contribution is -2.19. The predicted molar refractivity (Wildman–Crippen MR) is 68.5 cm³/mol. The molecule has 0 saturated carbocycles. The Hall–Kier alpha value is -1.20. The molecule has 0 aliphatic carbocycles. The summed E-state index contributed by atoms with van der Waals surface area (Å²) in [6.45, 7) is 10.7. The number of aromatic nitrogens is 2. The molecule has 96 valence electrons. The first-order valence-corrected chi connectivity index (χ1v) is 5.94. The van der Waals surface area contributed by atoms with Gasteiger partial charge >= 0.3 is 0 Å². The maximum atomic E-state index is 5.69. The number of aryl methyl sites for hydroxylation is 1.